The Morgan fingerprint density at radius 1 is 1.06 bits per heavy atom. The predicted octanol–water partition coefficient (Wildman–Crippen LogP) is 5.20. The lowest BCUT2D eigenvalue weighted by molar-refractivity contribution is -0.119. The second-order valence-electron chi connectivity index (χ2n) is 8.90. The van der Waals surface area contributed by atoms with Crippen molar-refractivity contribution in [3.05, 3.63) is 64.2 Å². The molecule has 5 heteroatoms. The quantitative estimate of drug-likeness (QED) is 0.501. The molecule has 0 radical (unpaired) electrons. The number of nitrogens with one attached hydrogen (secondary N) is 2. The van der Waals surface area contributed by atoms with Gasteiger partial charge in [-0.2, -0.15) is 5.10 Å². The Morgan fingerprint density at radius 2 is 1.81 bits per heavy atom. The Kier molecular flexibility index (Phi) is 6.54. The van der Waals surface area contributed by atoms with Crippen LogP contribution in [0.25, 0.3) is 5.57 Å². The van der Waals surface area contributed by atoms with Crippen LogP contribution in [0.1, 0.15) is 55.5 Å². The van der Waals surface area contributed by atoms with E-state index in [1.807, 2.05) is 18.2 Å². The third-order valence-corrected chi connectivity index (χ3v) is 6.03. The first-order valence-electron chi connectivity index (χ1n) is 10.9. The van der Waals surface area contributed by atoms with Crippen LogP contribution in [0.5, 0.6) is 0 Å². The topological polar surface area (TPSA) is 56.7 Å². The normalized spacial score (nSPS) is 14.9. The molecular weight excluding hydrogens is 384 g/mol. The van der Waals surface area contributed by atoms with Crippen molar-refractivity contribution < 1.29 is 4.79 Å². The summed E-state index contributed by atoms with van der Waals surface area (Å²) < 4.78 is 0. The van der Waals surface area contributed by atoms with E-state index in [1.54, 1.807) is 6.21 Å². The van der Waals surface area contributed by atoms with Crippen molar-refractivity contribution in [1.29, 1.82) is 0 Å². The standard InChI is InChI=1S/C26H34N4O/c1-8-30-24-12-19(4)21(13-23(24)20(5)14-26(30,6)7)15-28-29-25(31)16-27-22-10-9-17(2)18(3)11-22/h9-15,27H,8,16H2,1-7H3,(H,29,31)/b28-15-. The summed E-state index contributed by atoms with van der Waals surface area (Å²) >= 11 is 0. The first kappa shape index (κ1) is 22.6. The van der Waals surface area contributed by atoms with Gasteiger partial charge in [0.05, 0.1) is 18.3 Å². The number of carbonyl (C=O) groups excluding carboxylic acids is 1. The fourth-order valence-electron chi connectivity index (χ4n) is 4.21. The third-order valence-electron chi connectivity index (χ3n) is 6.03. The minimum absolute atomic E-state index is 0.00908. The van der Waals surface area contributed by atoms with Gasteiger partial charge < -0.3 is 10.2 Å². The van der Waals surface area contributed by atoms with E-state index in [1.165, 1.54) is 28.0 Å². The van der Waals surface area contributed by atoms with E-state index in [-0.39, 0.29) is 18.0 Å². The number of hydrogen-bond donors (Lipinski definition) is 2. The van der Waals surface area contributed by atoms with Gasteiger partial charge >= 0.3 is 0 Å². The number of anilines is 2. The first-order chi connectivity index (χ1) is 14.6. The molecule has 164 valence electrons. The Labute approximate surface area is 186 Å². The molecule has 0 aliphatic carbocycles. The zero-order chi connectivity index (χ0) is 22.8. The molecule has 0 saturated heterocycles. The number of aryl methyl sites for hydroxylation is 3. The lowest BCUT2D eigenvalue weighted by atomic mass is 9.87. The third kappa shape index (κ3) is 4.98. The summed E-state index contributed by atoms with van der Waals surface area (Å²) in [5.74, 6) is -0.180. The summed E-state index contributed by atoms with van der Waals surface area (Å²) in [6, 6.07) is 10.5. The molecule has 5 nitrogen and oxygen atoms in total. The van der Waals surface area contributed by atoms with Crippen LogP contribution in [-0.4, -0.2) is 30.8 Å². The number of nitrogens with zero attached hydrogens (tertiary/aromatic N) is 2. The predicted molar refractivity (Wildman–Crippen MR) is 132 cm³/mol. The molecular formula is C26H34N4O. The molecule has 1 heterocycles. The van der Waals surface area contributed by atoms with E-state index < -0.39 is 0 Å². The highest BCUT2D eigenvalue weighted by atomic mass is 16.2. The maximum absolute atomic E-state index is 12.2. The fraction of sp³-hybridized carbons (Fsp3) is 0.385. The molecule has 1 aliphatic heterocycles. The van der Waals surface area contributed by atoms with Crippen LogP contribution < -0.4 is 15.6 Å². The van der Waals surface area contributed by atoms with Crippen molar-refractivity contribution in [2.24, 2.45) is 5.10 Å². The van der Waals surface area contributed by atoms with Gasteiger partial charge in [-0.3, -0.25) is 4.79 Å². The van der Waals surface area contributed by atoms with E-state index in [4.69, 9.17) is 0 Å². The van der Waals surface area contributed by atoms with Crippen molar-refractivity contribution in [2.75, 3.05) is 23.3 Å². The van der Waals surface area contributed by atoms with Gasteiger partial charge in [-0.1, -0.05) is 12.1 Å². The van der Waals surface area contributed by atoms with E-state index in [2.05, 4.69) is 87.4 Å². The monoisotopic (exact) mass is 418 g/mol. The van der Waals surface area contributed by atoms with E-state index >= 15 is 0 Å². The van der Waals surface area contributed by atoms with Gasteiger partial charge in [0.1, 0.15) is 0 Å². The van der Waals surface area contributed by atoms with Crippen LogP contribution in [0.15, 0.2) is 41.5 Å². The van der Waals surface area contributed by atoms with Gasteiger partial charge in [-0.15, -0.1) is 0 Å². The molecule has 0 spiro atoms. The second-order valence-corrected chi connectivity index (χ2v) is 8.90. The highest BCUT2D eigenvalue weighted by Crippen LogP contribution is 2.39. The van der Waals surface area contributed by atoms with Crippen molar-refractivity contribution in [3.8, 4) is 0 Å². The SMILES string of the molecule is CCN1c2cc(C)c(/C=N\NC(=O)CNc3ccc(C)c(C)c3)cc2C(C)=CC1(C)C. The van der Waals surface area contributed by atoms with E-state index in [0.717, 1.165) is 23.4 Å². The Bertz CT molecular complexity index is 1050. The Morgan fingerprint density at radius 3 is 2.48 bits per heavy atom. The molecule has 0 fully saturated rings. The van der Waals surface area contributed by atoms with Gasteiger partial charge in [-0.25, -0.2) is 5.43 Å². The lowest BCUT2D eigenvalue weighted by Gasteiger charge is -2.43. The van der Waals surface area contributed by atoms with Gasteiger partial charge in [0.15, 0.2) is 0 Å². The molecule has 2 aromatic carbocycles. The number of benzene rings is 2. The van der Waals surface area contributed by atoms with Crippen LogP contribution in [0.2, 0.25) is 0 Å². The summed E-state index contributed by atoms with van der Waals surface area (Å²) in [7, 11) is 0. The van der Waals surface area contributed by atoms with Crippen LogP contribution in [0, 0.1) is 20.8 Å². The Hall–Kier alpha value is -3.08. The van der Waals surface area contributed by atoms with Crippen LogP contribution in [-0.2, 0) is 4.79 Å². The smallest absolute Gasteiger partial charge is 0.259 e. The van der Waals surface area contributed by atoms with E-state index in [0.29, 0.717) is 0 Å². The summed E-state index contributed by atoms with van der Waals surface area (Å²) in [5, 5.41) is 7.33. The maximum atomic E-state index is 12.2. The molecule has 1 aliphatic rings. The summed E-state index contributed by atoms with van der Waals surface area (Å²) in [4.78, 5) is 14.6. The first-order valence-corrected chi connectivity index (χ1v) is 10.9. The number of amides is 1. The number of rotatable bonds is 6. The highest BCUT2D eigenvalue weighted by molar-refractivity contribution is 5.90. The van der Waals surface area contributed by atoms with Gasteiger partial charge in [0, 0.05) is 23.5 Å². The van der Waals surface area contributed by atoms with Crippen LogP contribution in [0.4, 0.5) is 11.4 Å². The average Bonchev–Trinajstić information content (AvgIpc) is 2.69. The summed E-state index contributed by atoms with van der Waals surface area (Å²) in [6.07, 6.45) is 4.04. The van der Waals surface area contributed by atoms with Crippen LogP contribution in [0.3, 0.4) is 0 Å². The molecule has 0 saturated carbocycles. The van der Waals surface area contributed by atoms with Crippen molar-refractivity contribution in [1.82, 2.24) is 5.43 Å². The fourth-order valence-corrected chi connectivity index (χ4v) is 4.21. The summed E-state index contributed by atoms with van der Waals surface area (Å²) in [5.41, 5.74) is 11.8. The number of allylic oxidation sites excluding steroid dienone is 1. The van der Waals surface area contributed by atoms with Crippen molar-refractivity contribution >= 4 is 29.1 Å². The van der Waals surface area contributed by atoms with Gasteiger partial charge in [0.2, 0.25) is 0 Å². The Balaban J connectivity index is 1.68. The summed E-state index contributed by atoms with van der Waals surface area (Å²) in [6.45, 7) is 16.2. The van der Waals surface area contributed by atoms with Gasteiger partial charge in [-0.05, 0) is 101 Å². The second kappa shape index (κ2) is 8.96. The van der Waals surface area contributed by atoms with Crippen molar-refractivity contribution in [3.63, 3.8) is 0 Å². The zero-order valence-electron chi connectivity index (χ0n) is 19.8. The largest absolute Gasteiger partial charge is 0.376 e. The lowest BCUT2D eigenvalue weighted by Crippen LogP contribution is -2.45. The number of likely N-dealkylation sites (N-methyl/N-ethyl adjacent to an activating group) is 1. The van der Waals surface area contributed by atoms with Crippen molar-refractivity contribution in [2.45, 2.75) is 54.0 Å². The molecule has 0 bridgehead atoms. The maximum Gasteiger partial charge on any atom is 0.259 e. The molecule has 2 aromatic rings. The van der Waals surface area contributed by atoms with E-state index in [9.17, 15) is 4.79 Å². The molecule has 0 atom stereocenters. The molecule has 3 rings (SSSR count). The highest BCUT2D eigenvalue weighted by Gasteiger charge is 2.30. The molecule has 31 heavy (non-hydrogen) atoms. The van der Waals surface area contributed by atoms with Crippen LogP contribution >= 0.6 is 0 Å². The number of fused-ring (bicyclic) bond motifs is 1. The zero-order valence-corrected chi connectivity index (χ0v) is 19.8. The molecule has 0 unspecified atom stereocenters. The molecule has 0 aromatic heterocycles. The minimum atomic E-state index is -0.180. The van der Waals surface area contributed by atoms with Gasteiger partial charge in [0.25, 0.3) is 5.91 Å². The number of hydrogen-bond acceptors (Lipinski definition) is 4. The molecule has 1 amide bonds. The average molecular weight is 419 g/mol. The number of carbonyl (C=O) groups is 1. The minimum Gasteiger partial charge on any atom is -0.376 e. The molecule has 2 N–H and O–H groups in total. The number of hydrazone groups is 1.